The molecule has 0 aliphatic carbocycles. The maximum Gasteiger partial charge on any atom is 0.210 e. The number of furan rings is 1. The molecular formula is C21H25NO2. The third kappa shape index (κ3) is 3.78. The predicted octanol–water partition coefficient (Wildman–Crippen LogP) is 5.41. The van der Waals surface area contributed by atoms with Crippen LogP contribution in [0.5, 0.6) is 0 Å². The van der Waals surface area contributed by atoms with Gasteiger partial charge < -0.3 is 9.15 Å². The van der Waals surface area contributed by atoms with Gasteiger partial charge in [-0.05, 0) is 31.9 Å². The zero-order chi connectivity index (χ0) is 17.0. The van der Waals surface area contributed by atoms with E-state index in [-0.39, 0.29) is 5.60 Å². The highest BCUT2D eigenvalue weighted by Crippen LogP contribution is 2.36. The molecule has 1 aromatic heterocycles. The molecular weight excluding hydrogens is 298 g/mol. The number of rotatable bonds is 6. The van der Waals surface area contributed by atoms with Gasteiger partial charge in [-0.1, -0.05) is 43.7 Å². The molecule has 2 aromatic rings. The van der Waals surface area contributed by atoms with Crippen molar-refractivity contribution in [2.45, 2.75) is 52.2 Å². The van der Waals surface area contributed by atoms with E-state index in [1.807, 2.05) is 30.5 Å². The zero-order valence-corrected chi connectivity index (χ0v) is 14.7. The fourth-order valence-electron chi connectivity index (χ4n) is 2.91. The van der Waals surface area contributed by atoms with Crippen molar-refractivity contribution in [3.63, 3.8) is 0 Å². The Labute approximate surface area is 144 Å². The standard InChI is InChI=1S/C21H25NO2/c1-4-5-11-18-12-17(15-23-18)19-13-20(24-21(19,2)3)22-14-16-9-7-6-8-10-16/h6-10,12-13,15H,4-5,11,14H2,1-3H3. The molecule has 0 saturated carbocycles. The van der Waals surface area contributed by atoms with Crippen molar-refractivity contribution >= 4 is 11.5 Å². The maximum atomic E-state index is 6.04. The summed E-state index contributed by atoms with van der Waals surface area (Å²) in [6.45, 7) is 6.96. The first-order valence-electron chi connectivity index (χ1n) is 8.66. The summed E-state index contributed by atoms with van der Waals surface area (Å²) in [5.74, 6) is 1.73. The van der Waals surface area contributed by atoms with Gasteiger partial charge in [0.1, 0.15) is 11.4 Å². The third-order valence-corrected chi connectivity index (χ3v) is 4.28. The smallest absolute Gasteiger partial charge is 0.210 e. The number of unbranched alkanes of at least 4 members (excludes halogenated alkanes) is 1. The van der Waals surface area contributed by atoms with Crippen LogP contribution in [0.15, 0.2) is 58.1 Å². The van der Waals surface area contributed by atoms with Gasteiger partial charge in [-0.25, -0.2) is 4.99 Å². The Balaban J connectivity index is 1.77. The molecule has 0 N–H and O–H groups in total. The lowest BCUT2D eigenvalue weighted by Gasteiger charge is -2.21. The van der Waals surface area contributed by atoms with Crippen LogP contribution in [0, 0.1) is 0 Å². The summed E-state index contributed by atoms with van der Waals surface area (Å²) in [6.07, 6.45) is 7.18. The molecule has 0 radical (unpaired) electrons. The maximum absolute atomic E-state index is 6.04. The molecule has 1 aliphatic rings. The van der Waals surface area contributed by atoms with E-state index in [0.29, 0.717) is 12.4 Å². The number of aryl methyl sites for hydroxylation is 1. The Morgan fingerprint density at radius 3 is 2.67 bits per heavy atom. The van der Waals surface area contributed by atoms with Crippen molar-refractivity contribution in [2.24, 2.45) is 4.99 Å². The molecule has 0 amide bonds. The van der Waals surface area contributed by atoms with Crippen molar-refractivity contribution in [3.05, 3.63) is 65.6 Å². The Kier molecular flexibility index (Phi) is 4.89. The average molecular weight is 323 g/mol. The van der Waals surface area contributed by atoms with E-state index in [1.165, 1.54) is 12.0 Å². The Morgan fingerprint density at radius 1 is 1.12 bits per heavy atom. The molecule has 0 atom stereocenters. The number of benzene rings is 1. The molecule has 0 bridgehead atoms. The highest BCUT2D eigenvalue weighted by molar-refractivity contribution is 6.01. The number of hydrogen-bond donors (Lipinski definition) is 0. The van der Waals surface area contributed by atoms with Crippen LogP contribution in [0.1, 0.15) is 50.5 Å². The highest BCUT2D eigenvalue weighted by Gasteiger charge is 2.34. The molecule has 3 nitrogen and oxygen atoms in total. The first-order valence-corrected chi connectivity index (χ1v) is 8.66. The first-order chi connectivity index (χ1) is 11.6. The molecule has 1 aliphatic heterocycles. The van der Waals surface area contributed by atoms with Gasteiger partial charge >= 0.3 is 0 Å². The van der Waals surface area contributed by atoms with Crippen LogP contribution < -0.4 is 0 Å². The number of hydrogen-bond acceptors (Lipinski definition) is 3. The second-order valence-corrected chi connectivity index (χ2v) is 6.72. The van der Waals surface area contributed by atoms with Crippen LogP contribution in [-0.2, 0) is 17.7 Å². The second kappa shape index (κ2) is 7.08. The quantitative estimate of drug-likeness (QED) is 0.712. The molecule has 3 rings (SSSR count). The SMILES string of the molecule is CCCCc1cc(C2=CC(=NCc3ccccc3)OC2(C)C)co1. The molecule has 1 aromatic carbocycles. The van der Waals surface area contributed by atoms with Gasteiger partial charge in [-0.3, -0.25) is 0 Å². The van der Waals surface area contributed by atoms with E-state index in [0.717, 1.165) is 29.7 Å². The fraction of sp³-hybridized carbons (Fsp3) is 0.381. The van der Waals surface area contributed by atoms with Gasteiger partial charge in [0.15, 0.2) is 0 Å². The lowest BCUT2D eigenvalue weighted by atomic mass is 9.94. The Bertz CT molecular complexity index is 738. The largest absolute Gasteiger partial charge is 0.469 e. The Morgan fingerprint density at radius 2 is 1.92 bits per heavy atom. The van der Waals surface area contributed by atoms with Crippen LogP contribution in [0.25, 0.3) is 5.57 Å². The average Bonchev–Trinajstić information content (AvgIpc) is 3.15. The summed E-state index contributed by atoms with van der Waals surface area (Å²) in [6, 6.07) is 12.3. The van der Waals surface area contributed by atoms with Gasteiger partial charge in [-0.2, -0.15) is 0 Å². The number of nitrogens with zero attached hydrogens (tertiary/aromatic N) is 1. The predicted molar refractivity (Wildman–Crippen MR) is 98.0 cm³/mol. The normalized spacial score (nSPS) is 17.8. The second-order valence-electron chi connectivity index (χ2n) is 6.72. The van der Waals surface area contributed by atoms with Crippen LogP contribution in [0.4, 0.5) is 0 Å². The summed E-state index contributed by atoms with van der Waals surface area (Å²) in [5, 5.41) is 0. The topological polar surface area (TPSA) is 34.7 Å². The number of ether oxygens (including phenoxy) is 1. The van der Waals surface area contributed by atoms with Gasteiger partial charge in [-0.15, -0.1) is 0 Å². The molecule has 2 heterocycles. The van der Waals surface area contributed by atoms with E-state index in [9.17, 15) is 0 Å². The van der Waals surface area contributed by atoms with Gasteiger partial charge in [0, 0.05) is 23.6 Å². The van der Waals surface area contributed by atoms with E-state index in [4.69, 9.17) is 9.15 Å². The summed E-state index contributed by atoms with van der Waals surface area (Å²) >= 11 is 0. The van der Waals surface area contributed by atoms with Gasteiger partial charge in [0.25, 0.3) is 0 Å². The van der Waals surface area contributed by atoms with Crippen molar-refractivity contribution in [1.29, 1.82) is 0 Å². The van der Waals surface area contributed by atoms with Crippen molar-refractivity contribution in [1.82, 2.24) is 0 Å². The van der Waals surface area contributed by atoms with Crippen molar-refractivity contribution in [2.75, 3.05) is 0 Å². The van der Waals surface area contributed by atoms with Crippen molar-refractivity contribution < 1.29 is 9.15 Å². The summed E-state index contributed by atoms with van der Waals surface area (Å²) in [4.78, 5) is 4.61. The Hall–Kier alpha value is -2.29. The molecule has 126 valence electrons. The van der Waals surface area contributed by atoms with E-state index < -0.39 is 0 Å². The minimum atomic E-state index is -0.387. The molecule has 0 unspecified atom stereocenters. The molecule has 3 heteroatoms. The minimum absolute atomic E-state index is 0.387. The third-order valence-electron chi connectivity index (χ3n) is 4.28. The molecule has 0 saturated heterocycles. The van der Waals surface area contributed by atoms with Crippen LogP contribution in [0.3, 0.4) is 0 Å². The highest BCUT2D eigenvalue weighted by atomic mass is 16.5. The molecule has 24 heavy (non-hydrogen) atoms. The number of aliphatic imine (C=N–C) groups is 1. The van der Waals surface area contributed by atoms with Gasteiger partial charge in [0.2, 0.25) is 5.90 Å². The lowest BCUT2D eigenvalue weighted by molar-refractivity contribution is 0.170. The molecule has 0 fully saturated rings. The van der Waals surface area contributed by atoms with Crippen molar-refractivity contribution in [3.8, 4) is 0 Å². The fourth-order valence-corrected chi connectivity index (χ4v) is 2.91. The van der Waals surface area contributed by atoms with Crippen LogP contribution in [0.2, 0.25) is 0 Å². The summed E-state index contributed by atoms with van der Waals surface area (Å²) in [5.41, 5.74) is 3.01. The van der Waals surface area contributed by atoms with Crippen LogP contribution >= 0.6 is 0 Å². The van der Waals surface area contributed by atoms with E-state index in [2.05, 4.69) is 44.0 Å². The first kappa shape index (κ1) is 16.6. The van der Waals surface area contributed by atoms with Gasteiger partial charge in [0.05, 0.1) is 12.8 Å². The lowest BCUT2D eigenvalue weighted by Crippen LogP contribution is -2.22. The van der Waals surface area contributed by atoms with E-state index in [1.54, 1.807) is 0 Å². The van der Waals surface area contributed by atoms with E-state index >= 15 is 0 Å². The summed E-state index contributed by atoms with van der Waals surface area (Å²) < 4.78 is 11.7. The van der Waals surface area contributed by atoms with Crippen LogP contribution in [-0.4, -0.2) is 11.5 Å². The monoisotopic (exact) mass is 323 g/mol. The minimum Gasteiger partial charge on any atom is -0.469 e. The molecule has 0 spiro atoms. The summed E-state index contributed by atoms with van der Waals surface area (Å²) in [7, 11) is 0. The zero-order valence-electron chi connectivity index (χ0n) is 14.7.